The van der Waals surface area contributed by atoms with Crippen LogP contribution in [0.3, 0.4) is 0 Å². The summed E-state index contributed by atoms with van der Waals surface area (Å²) in [5.41, 5.74) is 0.871. The van der Waals surface area contributed by atoms with E-state index < -0.39 is 0 Å². The van der Waals surface area contributed by atoms with Crippen LogP contribution in [0.15, 0.2) is 0 Å². The molecule has 2 rings (SSSR count). The van der Waals surface area contributed by atoms with Crippen molar-refractivity contribution >= 4 is 22.8 Å². The zero-order valence-corrected chi connectivity index (χ0v) is 11.6. The van der Waals surface area contributed by atoms with Gasteiger partial charge >= 0.3 is 0 Å². The van der Waals surface area contributed by atoms with Crippen molar-refractivity contribution in [3.8, 4) is 0 Å². The van der Waals surface area contributed by atoms with E-state index in [0.717, 1.165) is 28.5 Å². The highest BCUT2D eigenvalue weighted by Gasteiger charge is 2.31. The number of hydrogen-bond acceptors (Lipinski definition) is 4. The first kappa shape index (κ1) is 12.6. The van der Waals surface area contributed by atoms with Crippen LogP contribution in [0.5, 0.6) is 0 Å². The smallest absolute Gasteiger partial charge is 0.186 e. The van der Waals surface area contributed by atoms with Gasteiger partial charge in [-0.15, -0.1) is 0 Å². The molecule has 3 nitrogen and oxygen atoms in total. The summed E-state index contributed by atoms with van der Waals surface area (Å²) in [7, 11) is 0. The first-order valence-electron chi connectivity index (χ1n) is 6.31. The third-order valence-electron chi connectivity index (χ3n) is 3.11. The first-order chi connectivity index (χ1) is 8.11. The first-order valence-corrected chi connectivity index (χ1v) is 7.12. The van der Waals surface area contributed by atoms with Crippen molar-refractivity contribution in [3.05, 3.63) is 10.6 Å². The maximum absolute atomic E-state index is 10.9. The van der Waals surface area contributed by atoms with Gasteiger partial charge in [0, 0.05) is 12.6 Å². The summed E-state index contributed by atoms with van der Waals surface area (Å²) in [4.78, 5) is 18.6. The Morgan fingerprint density at radius 2 is 2.24 bits per heavy atom. The summed E-state index contributed by atoms with van der Waals surface area (Å²) in [6, 6.07) is 0.666. The van der Waals surface area contributed by atoms with Crippen LogP contribution in [0.2, 0.25) is 0 Å². The normalized spacial score (nSPS) is 15.3. The fraction of sp³-hybridized carbons (Fsp3) is 0.692. The number of anilines is 1. The van der Waals surface area contributed by atoms with Gasteiger partial charge in [-0.2, -0.15) is 0 Å². The maximum Gasteiger partial charge on any atom is 0.186 e. The van der Waals surface area contributed by atoms with Crippen molar-refractivity contribution < 1.29 is 4.79 Å². The van der Waals surface area contributed by atoms with Gasteiger partial charge in [0.25, 0.3) is 0 Å². The Balaban J connectivity index is 2.11. The third-order valence-corrected chi connectivity index (χ3v) is 4.23. The monoisotopic (exact) mass is 252 g/mol. The van der Waals surface area contributed by atoms with Crippen molar-refractivity contribution in [1.29, 1.82) is 0 Å². The van der Waals surface area contributed by atoms with E-state index in [-0.39, 0.29) is 0 Å². The predicted molar refractivity (Wildman–Crippen MR) is 72.1 cm³/mol. The summed E-state index contributed by atoms with van der Waals surface area (Å²) in [5, 5.41) is 1.03. The number of aldehydes is 1. The Labute approximate surface area is 107 Å². The van der Waals surface area contributed by atoms with E-state index in [0.29, 0.717) is 12.0 Å². The van der Waals surface area contributed by atoms with E-state index in [1.807, 2.05) is 6.92 Å². The van der Waals surface area contributed by atoms with Crippen LogP contribution in [0.4, 0.5) is 5.13 Å². The highest BCUT2D eigenvalue weighted by atomic mass is 32.1. The van der Waals surface area contributed by atoms with Crippen molar-refractivity contribution in [2.24, 2.45) is 5.92 Å². The van der Waals surface area contributed by atoms with Crippen molar-refractivity contribution in [2.75, 3.05) is 11.4 Å². The van der Waals surface area contributed by atoms with E-state index >= 15 is 0 Å². The summed E-state index contributed by atoms with van der Waals surface area (Å²) in [6.45, 7) is 7.47. The summed E-state index contributed by atoms with van der Waals surface area (Å²) < 4.78 is 0. The SMILES string of the molecule is Cc1nc(N(CCC(C)C)C2CC2)sc1C=O. The molecule has 1 aliphatic rings. The largest absolute Gasteiger partial charge is 0.345 e. The van der Waals surface area contributed by atoms with E-state index in [1.165, 1.54) is 30.6 Å². The van der Waals surface area contributed by atoms with Crippen LogP contribution in [0.1, 0.15) is 48.5 Å². The molecule has 0 spiro atoms. The van der Waals surface area contributed by atoms with Crippen LogP contribution in [0.25, 0.3) is 0 Å². The maximum atomic E-state index is 10.9. The lowest BCUT2D eigenvalue weighted by molar-refractivity contribution is 0.112. The minimum Gasteiger partial charge on any atom is -0.345 e. The highest BCUT2D eigenvalue weighted by Crippen LogP contribution is 2.35. The zero-order chi connectivity index (χ0) is 12.4. The molecule has 1 aromatic heterocycles. The number of thiazole rings is 1. The molecule has 1 fully saturated rings. The van der Waals surface area contributed by atoms with E-state index in [1.54, 1.807) is 0 Å². The molecule has 0 saturated heterocycles. The van der Waals surface area contributed by atoms with Crippen LogP contribution in [0, 0.1) is 12.8 Å². The van der Waals surface area contributed by atoms with Gasteiger partial charge in [-0.25, -0.2) is 4.98 Å². The van der Waals surface area contributed by atoms with Crippen molar-refractivity contribution in [3.63, 3.8) is 0 Å². The zero-order valence-electron chi connectivity index (χ0n) is 10.8. The molecule has 0 bridgehead atoms. The lowest BCUT2D eigenvalue weighted by atomic mass is 10.1. The van der Waals surface area contributed by atoms with Gasteiger partial charge in [-0.1, -0.05) is 25.2 Å². The number of nitrogens with zero attached hydrogens (tertiary/aromatic N) is 2. The van der Waals surface area contributed by atoms with E-state index in [4.69, 9.17) is 0 Å². The van der Waals surface area contributed by atoms with E-state index in [2.05, 4.69) is 23.7 Å². The number of carbonyl (C=O) groups excluding carboxylic acids is 1. The Bertz CT molecular complexity index is 396. The Kier molecular flexibility index (Phi) is 3.82. The molecule has 1 saturated carbocycles. The van der Waals surface area contributed by atoms with Crippen LogP contribution >= 0.6 is 11.3 Å². The Hall–Kier alpha value is -0.900. The van der Waals surface area contributed by atoms with Gasteiger partial charge in [0.2, 0.25) is 0 Å². The molecule has 4 heteroatoms. The predicted octanol–water partition coefficient (Wildman–Crippen LogP) is 3.28. The molecular weight excluding hydrogens is 232 g/mol. The molecule has 17 heavy (non-hydrogen) atoms. The van der Waals surface area contributed by atoms with Crippen LogP contribution in [-0.4, -0.2) is 23.9 Å². The summed E-state index contributed by atoms with van der Waals surface area (Å²) in [6.07, 6.45) is 4.65. The second-order valence-electron chi connectivity index (χ2n) is 5.17. The molecular formula is C13H20N2OS. The van der Waals surface area contributed by atoms with Gasteiger partial charge in [0.15, 0.2) is 11.4 Å². The lowest BCUT2D eigenvalue weighted by Crippen LogP contribution is -2.27. The molecule has 1 heterocycles. The molecule has 0 aromatic carbocycles. The third kappa shape index (κ3) is 3.06. The quantitative estimate of drug-likeness (QED) is 0.728. The van der Waals surface area contributed by atoms with Crippen LogP contribution in [-0.2, 0) is 0 Å². The molecule has 0 N–H and O–H groups in total. The molecule has 0 aliphatic heterocycles. The van der Waals surface area contributed by atoms with Gasteiger partial charge in [-0.05, 0) is 32.1 Å². The minimum absolute atomic E-state index is 0.666. The average Bonchev–Trinajstić information content (AvgIpc) is 3.03. The fourth-order valence-electron chi connectivity index (χ4n) is 1.84. The van der Waals surface area contributed by atoms with Gasteiger partial charge in [-0.3, -0.25) is 4.79 Å². The number of rotatable bonds is 6. The standard InChI is InChI=1S/C13H20N2OS/c1-9(2)6-7-15(11-4-5-11)13-14-10(3)12(8-16)17-13/h8-9,11H,4-7H2,1-3H3. The summed E-state index contributed by atoms with van der Waals surface area (Å²) in [5.74, 6) is 0.711. The van der Waals surface area contributed by atoms with Crippen molar-refractivity contribution in [2.45, 2.75) is 46.1 Å². The molecule has 1 aliphatic carbocycles. The highest BCUT2D eigenvalue weighted by molar-refractivity contribution is 7.17. The topological polar surface area (TPSA) is 33.2 Å². The van der Waals surface area contributed by atoms with Crippen molar-refractivity contribution in [1.82, 2.24) is 4.98 Å². The lowest BCUT2D eigenvalue weighted by Gasteiger charge is -2.22. The Morgan fingerprint density at radius 3 is 2.71 bits per heavy atom. The second-order valence-corrected chi connectivity index (χ2v) is 6.18. The molecule has 0 atom stereocenters. The minimum atomic E-state index is 0.666. The Morgan fingerprint density at radius 1 is 1.53 bits per heavy atom. The van der Waals surface area contributed by atoms with E-state index in [9.17, 15) is 4.79 Å². The number of hydrogen-bond donors (Lipinski definition) is 0. The van der Waals surface area contributed by atoms with Crippen LogP contribution < -0.4 is 4.90 Å². The average molecular weight is 252 g/mol. The molecule has 1 aromatic rings. The number of aromatic nitrogens is 1. The van der Waals surface area contributed by atoms with Gasteiger partial charge in [0.1, 0.15) is 0 Å². The van der Waals surface area contributed by atoms with Gasteiger partial charge in [0.05, 0.1) is 10.6 Å². The molecule has 0 radical (unpaired) electrons. The fourth-order valence-corrected chi connectivity index (χ4v) is 2.82. The number of aryl methyl sites for hydroxylation is 1. The molecule has 0 amide bonds. The molecule has 94 valence electrons. The summed E-state index contributed by atoms with van der Waals surface area (Å²) >= 11 is 1.53. The van der Waals surface area contributed by atoms with Gasteiger partial charge < -0.3 is 4.90 Å². The molecule has 0 unspecified atom stereocenters. The number of carbonyl (C=O) groups is 1. The second kappa shape index (κ2) is 5.17.